The Kier molecular flexibility index (Phi) is 4.33. The van der Waals surface area contributed by atoms with Crippen molar-refractivity contribution in [2.45, 2.75) is 6.10 Å². The average molecular weight is 323 g/mol. The van der Waals surface area contributed by atoms with E-state index in [-0.39, 0.29) is 18.1 Å². The molecule has 0 aliphatic carbocycles. The van der Waals surface area contributed by atoms with Crippen molar-refractivity contribution < 1.29 is 9.90 Å². The van der Waals surface area contributed by atoms with Gasteiger partial charge in [0.2, 0.25) is 0 Å². The van der Waals surface area contributed by atoms with Gasteiger partial charge in [-0.15, -0.1) is 11.3 Å². The van der Waals surface area contributed by atoms with E-state index in [0.29, 0.717) is 5.56 Å². The number of amides is 1. The number of aliphatic hydroxyl groups is 1. The maximum Gasteiger partial charge on any atom is 0.269 e. The van der Waals surface area contributed by atoms with E-state index in [1.165, 1.54) is 29.7 Å². The van der Waals surface area contributed by atoms with Gasteiger partial charge in [0, 0.05) is 22.3 Å². The van der Waals surface area contributed by atoms with Crippen LogP contribution in [0.1, 0.15) is 27.0 Å². The van der Waals surface area contributed by atoms with Crippen LogP contribution in [0.25, 0.3) is 10.1 Å². The highest BCUT2D eigenvalue weighted by atomic mass is 32.1. The van der Waals surface area contributed by atoms with Gasteiger partial charge in [0.1, 0.15) is 17.9 Å². The number of aliphatic hydroxyl groups excluding tert-OH is 1. The Bertz CT molecular complexity index is 848. The predicted molar refractivity (Wildman–Crippen MR) is 88.1 cm³/mol. The summed E-state index contributed by atoms with van der Waals surface area (Å²) in [6.07, 6.45) is 0.576. The molecule has 0 spiro atoms. The van der Waals surface area contributed by atoms with Crippen LogP contribution in [0.3, 0.4) is 0 Å². The molecule has 114 valence electrons. The number of rotatable bonds is 4. The van der Waals surface area contributed by atoms with Gasteiger partial charge in [-0.1, -0.05) is 18.2 Å². The van der Waals surface area contributed by atoms with E-state index in [4.69, 9.17) is 5.26 Å². The van der Waals surface area contributed by atoms with E-state index in [1.54, 1.807) is 0 Å². The summed E-state index contributed by atoms with van der Waals surface area (Å²) in [5.74, 6) is -0.380. The van der Waals surface area contributed by atoms with Gasteiger partial charge in [-0.25, -0.2) is 4.98 Å². The summed E-state index contributed by atoms with van der Waals surface area (Å²) in [7, 11) is 0. The monoisotopic (exact) mass is 323 g/mol. The topological polar surface area (TPSA) is 86.0 Å². The molecule has 1 amide bonds. The number of nitriles is 1. The third kappa shape index (κ3) is 3.37. The number of pyridine rings is 1. The largest absolute Gasteiger partial charge is 0.386 e. The van der Waals surface area contributed by atoms with Crippen molar-refractivity contribution in [3.63, 3.8) is 0 Å². The number of thiophene rings is 1. The third-order valence-electron chi connectivity index (χ3n) is 3.35. The fraction of sp³-hybridized carbons (Fsp3) is 0.118. The van der Waals surface area contributed by atoms with Crippen LogP contribution in [0, 0.1) is 11.3 Å². The zero-order chi connectivity index (χ0) is 16.2. The summed E-state index contributed by atoms with van der Waals surface area (Å²) in [4.78, 5) is 16.7. The Hall–Kier alpha value is -2.75. The standard InChI is InChI=1S/C17H13N3O2S/c18-8-11-5-6-13(19-9-11)17(22)20-10-14(21)16-7-12-3-1-2-4-15(12)23-16/h1-7,9,14,21H,10H2,(H,20,22). The molecular formula is C17H13N3O2S. The molecule has 1 aromatic carbocycles. The molecule has 0 saturated heterocycles. The fourth-order valence-corrected chi connectivity index (χ4v) is 3.19. The van der Waals surface area contributed by atoms with Gasteiger partial charge < -0.3 is 10.4 Å². The minimum Gasteiger partial charge on any atom is -0.386 e. The van der Waals surface area contributed by atoms with E-state index >= 15 is 0 Å². The first-order chi connectivity index (χ1) is 11.2. The van der Waals surface area contributed by atoms with Gasteiger partial charge in [-0.2, -0.15) is 5.26 Å². The normalized spacial score (nSPS) is 11.8. The van der Waals surface area contributed by atoms with Gasteiger partial charge in [-0.05, 0) is 29.7 Å². The molecule has 0 saturated carbocycles. The third-order valence-corrected chi connectivity index (χ3v) is 4.57. The number of nitrogens with one attached hydrogen (secondary N) is 1. The molecule has 5 nitrogen and oxygen atoms in total. The zero-order valence-corrected chi connectivity index (χ0v) is 12.9. The lowest BCUT2D eigenvalue weighted by atomic mass is 10.2. The predicted octanol–water partition coefficient (Wildman–Crippen LogP) is 2.63. The van der Waals surface area contributed by atoms with E-state index in [9.17, 15) is 9.90 Å². The highest BCUT2D eigenvalue weighted by Gasteiger charge is 2.14. The summed E-state index contributed by atoms with van der Waals surface area (Å²) in [5.41, 5.74) is 0.611. The summed E-state index contributed by atoms with van der Waals surface area (Å²) >= 11 is 1.50. The van der Waals surface area contributed by atoms with Crippen LogP contribution in [0.15, 0.2) is 48.7 Å². The lowest BCUT2D eigenvalue weighted by Gasteiger charge is -2.09. The molecule has 1 unspecified atom stereocenters. The Balaban J connectivity index is 1.64. The Morgan fingerprint density at radius 1 is 1.35 bits per heavy atom. The maximum absolute atomic E-state index is 12.0. The average Bonchev–Trinajstić information content (AvgIpc) is 3.03. The number of hydrogen-bond donors (Lipinski definition) is 2. The van der Waals surface area contributed by atoms with Gasteiger partial charge in [0.15, 0.2) is 0 Å². The molecule has 0 fully saturated rings. The van der Waals surface area contributed by atoms with Crippen LogP contribution >= 0.6 is 11.3 Å². The Morgan fingerprint density at radius 3 is 2.87 bits per heavy atom. The maximum atomic E-state index is 12.0. The Morgan fingerprint density at radius 2 is 2.17 bits per heavy atom. The van der Waals surface area contributed by atoms with Crippen LogP contribution in [-0.4, -0.2) is 22.5 Å². The van der Waals surface area contributed by atoms with Crippen LogP contribution < -0.4 is 5.32 Å². The molecule has 2 heterocycles. The molecule has 2 aromatic heterocycles. The quantitative estimate of drug-likeness (QED) is 0.773. The van der Waals surface area contributed by atoms with Crippen molar-refractivity contribution in [3.05, 3.63) is 64.8 Å². The van der Waals surface area contributed by atoms with Crippen molar-refractivity contribution in [1.29, 1.82) is 5.26 Å². The highest BCUT2D eigenvalue weighted by Crippen LogP contribution is 2.29. The van der Waals surface area contributed by atoms with Crippen molar-refractivity contribution in [1.82, 2.24) is 10.3 Å². The molecule has 6 heteroatoms. The molecule has 1 atom stereocenters. The van der Waals surface area contributed by atoms with Gasteiger partial charge in [0.25, 0.3) is 5.91 Å². The molecule has 0 aliphatic rings. The van der Waals surface area contributed by atoms with Crippen molar-refractivity contribution in [2.24, 2.45) is 0 Å². The van der Waals surface area contributed by atoms with Crippen molar-refractivity contribution in [3.8, 4) is 6.07 Å². The number of nitrogens with zero attached hydrogens (tertiary/aromatic N) is 2. The molecule has 23 heavy (non-hydrogen) atoms. The minimum absolute atomic E-state index is 0.105. The fourth-order valence-electron chi connectivity index (χ4n) is 2.14. The number of carbonyl (C=O) groups excluding carboxylic acids is 1. The van der Waals surface area contributed by atoms with Crippen LogP contribution in [0.5, 0.6) is 0 Å². The minimum atomic E-state index is -0.769. The smallest absolute Gasteiger partial charge is 0.269 e. The van der Waals surface area contributed by atoms with E-state index in [2.05, 4.69) is 10.3 Å². The molecule has 2 N–H and O–H groups in total. The molecule has 0 bridgehead atoms. The van der Waals surface area contributed by atoms with Crippen molar-refractivity contribution in [2.75, 3.05) is 6.54 Å². The summed E-state index contributed by atoms with van der Waals surface area (Å²) in [6.45, 7) is 0.105. The lowest BCUT2D eigenvalue weighted by Crippen LogP contribution is -2.28. The number of fused-ring (bicyclic) bond motifs is 1. The number of hydrogen-bond acceptors (Lipinski definition) is 5. The second-order valence-corrected chi connectivity index (χ2v) is 6.07. The van der Waals surface area contributed by atoms with Gasteiger partial charge >= 0.3 is 0 Å². The van der Waals surface area contributed by atoms with Crippen LogP contribution in [0.4, 0.5) is 0 Å². The Labute approximate surface area is 136 Å². The van der Waals surface area contributed by atoms with Gasteiger partial charge in [-0.3, -0.25) is 4.79 Å². The molecule has 3 aromatic rings. The van der Waals surface area contributed by atoms with E-state index in [1.807, 2.05) is 36.4 Å². The van der Waals surface area contributed by atoms with Gasteiger partial charge in [0.05, 0.1) is 5.56 Å². The van der Waals surface area contributed by atoms with Crippen molar-refractivity contribution >= 4 is 27.3 Å². The summed E-state index contributed by atoms with van der Waals surface area (Å²) in [5, 5.41) is 22.7. The summed E-state index contributed by atoms with van der Waals surface area (Å²) in [6, 6.07) is 14.8. The number of benzene rings is 1. The highest BCUT2D eigenvalue weighted by molar-refractivity contribution is 7.19. The molecule has 3 rings (SSSR count). The summed E-state index contributed by atoms with van der Waals surface area (Å²) < 4.78 is 1.10. The van der Waals surface area contributed by atoms with E-state index in [0.717, 1.165) is 15.0 Å². The first-order valence-corrected chi connectivity index (χ1v) is 7.80. The molecular weight excluding hydrogens is 310 g/mol. The second-order valence-electron chi connectivity index (χ2n) is 4.96. The molecule has 0 radical (unpaired) electrons. The first kappa shape index (κ1) is 15.2. The van der Waals surface area contributed by atoms with E-state index < -0.39 is 6.10 Å². The lowest BCUT2D eigenvalue weighted by molar-refractivity contribution is 0.0913. The zero-order valence-electron chi connectivity index (χ0n) is 12.1. The van der Waals surface area contributed by atoms with Crippen LogP contribution in [0.2, 0.25) is 0 Å². The first-order valence-electron chi connectivity index (χ1n) is 6.98. The molecule has 0 aliphatic heterocycles. The second kappa shape index (κ2) is 6.57. The van der Waals surface area contributed by atoms with Crippen LogP contribution in [-0.2, 0) is 0 Å². The SMILES string of the molecule is N#Cc1ccc(C(=O)NCC(O)c2cc3ccccc3s2)nc1. The number of carbonyl (C=O) groups is 1. The number of aromatic nitrogens is 1.